The molecular formula is C38H55NO3. The van der Waals surface area contributed by atoms with Crippen molar-refractivity contribution in [3.05, 3.63) is 41.5 Å². The van der Waals surface area contributed by atoms with Crippen LogP contribution in [0.2, 0.25) is 0 Å². The van der Waals surface area contributed by atoms with Crippen LogP contribution in [-0.2, 0) is 9.59 Å². The molecule has 0 saturated heterocycles. The number of rotatable bonds is 2. The molecule has 0 aliphatic heterocycles. The molecule has 42 heavy (non-hydrogen) atoms. The highest BCUT2D eigenvalue weighted by atomic mass is 16.3. The van der Waals surface area contributed by atoms with E-state index in [1.807, 2.05) is 24.3 Å². The number of fused-ring (bicyclic) bond motifs is 7. The molecule has 5 aliphatic carbocycles. The zero-order valence-electron chi connectivity index (χ0n) is 27.7. The fraction of sp³-hybridized carbons (Fsp3) is 0.737. The summed E-state index contributed by atoms with van der Waals surface area (Å²) < 4.78 is 0. The van der Waals surface area contributed by atoms with Crippen molar-refractivity contribution in [2.75, 3.05) is 5.32 Å². The fourth-order valence-corrected chi connectivity index (χ4v) is 11.9. The van der Waals surface area contributed by atoms with Gasteiger partial charge in [-0.25, -0.2) is 0 Å². The minimum absolute atomic E-state index is 0.0305. The number of carbonyl (C=O) groups is 2. The zero-order valence-corrected chi connectivity index (χ0v) is 27.7. The lowest BCUT2D eigenvalue weighted by Gasteiger charge is -2.72. The Labute approximate surface area is 254 Å². The molecule has 0 bridgehead atoms. The molecule has 6 rings (SSSR count). The summed E-state index contributed by atoms with van der Waals surface area (Å²) in [7, 11) is 0. The summed E-state index contributed by atoms with van der Waals surface area (Å²) in [5.74, 6) is 0.718. The number of benzene rings is 1. The van der Waals surface area contributed by atoms with Crippen LogP contribution in [0.5, 0.6) is 0 Å². The number of carbonyl (C=O) groups excluding carboxylic acids is 2. The van der Waals surface area contributed by atoms with Crippen LogP contribution in [0.15, 0.2) is 35.9 Å². The van der Waals surface area contributed by atoms with Crippen molar-refractivity contribution in [2.45, 2.75) is 126 Å². The van der Waals surface area contributed by atoms with Crippen molar-refractivity contribution in [3.8, 4) is 0 Å². The second-order valence-corrected chi connectivity index (χ2v) is 17.6. The minimum atomic E-state index is -0.508. The standard InChI is InChI=1S/C38H55NO3/c1-24-10-12-25(13-11-24)39-31(42)33(4)18-19-34(5)20-21-36(7)28(38(34,9)23-33)22-26(40)30-35(6)16-15-29(41)32(2,3)27(35)14-17-37(30,36)8/h10-13,22,27,29-30,41H,14-21,23H2,1-9H3,(H,39,42)/t27-,29-,30+,33+,34+,35+,36+,37-,38-/m0/s1. The first kappa shape index (κ1) is 30.1. The highest BCUT2D eigenvalue weighted by Gasteiger charge is 2.72. The van der Waals surface area contributed by atoms with Gasteiger partial charge in [-0.15, -0.1) is 0 Å². The van der Waals surface area contributed by atoms with Gasteiger partial charge in [0.1, 0.15) is 0 Å². The second kappa shape index (κ2) is 9.05. The molecule has 230 valence electrons. The third-order valence-corrected chi connectivity index (χ3v) is 15.1. The van der Waals surface area contributed by atoms with E-state index in [1.54, 1.807) is 0 Å². The van der Waals surface area contributed by atoms with Crippen molar-refractivity contribution in [1.82, 2.24) is 0 Å². The number of hydrogen-bond acceptors (Lipinski definition) is 3. The van der Waals surface area contributed by atoms with Crippen LogP contribution in [-0.4, -0.2) is 22.9 Å². The van der Waals surface area contributed by atoms with Crippen LogP contribution in [0.4, 0.5) is 5.69 Å². The van der Waals surface area contributed by atoms with Gasteiger partial charge in [-0.3, -0.25) is 9.59 Å². The predicted octanol–water partition coefficient (Wildman–Crippen LogP) is 8.67. The van der Waals surface area contributed by atoms with Crippen molar-refractivity contribution in [2.24, 2.45) is 49.7 Å². The summed E-state index contributed by atoms with van der Waals surface area (Å²) >= 11 is 0. The Kier molecular flexibility index (Phi) is 6.49. The van der Waals surface area contributed by atoms with E-state index in [0.29, 0.717) is 11.7 Å². The Morgan fingerprint density at radius 1 is 0.833 bits per heavy atom. The van der Waals surface area contributed by atoms with Gasteiger partial charge >= 0.3 is 0 Å². The monoisotopic (exact) mass is 573 g/mol. The summed E-state index contributed by atoms with van der Waals surface area (Å²) in [6.07, 6.45) is 10.4. The van der Waals surface area contributed by atoms with Gasteiger partial charge in [0.05, 0.1) is 6.10 Å². The van der Waals surface area contributed by atoms with E-state index in [2.05, 4.69) is 73.7 Å². The van der Waals surface area contributed by atoms with Crippen LogP contribution in [0.3, 0.4) is 0 Å². The van der Waals surface area contributed by atoms with Crippen LogP contribution < -0.4 is 5.32 Å². The Hall–Kier alpha value is -1.94. The maximum absolute atomic E-state index is 14.7. The lowest BCUT2D eigenvalue weighted by molar-refractivity contribution is -0.207. The number of aliphatic hydroxyl groups excluding tert-OH is 1. The molecule has 0 unspecified atom stereocenters. The average molecular weight is 574 g/mol. The number of nitrogens with one attached hydrogen (secondary N) is 1. The van der Waals surface area contributed by atoms with Crippen LogP contribution in [0.25, 0.3) is 0 Å². The van der Waals surface area contributed by atoms with E-state index in [4.69, 9.17) is 0 Å². The molecule has 4 nitrogen and oxygen atoms in total. The molecule has 4 heteroatoms. The Balaban J connectivity index is 1.40. The first-order valence-corrected chi connectivity index (χ1v) is 16.7. The van der Waals surface area contributed by atoms with Crippen molar-refractivity contribution in [1.29, 1.82) is 0 Å². The van der Waals surface area contributed by atoms with Crippen LogP contribution in [0.1, 0.15) is 119 Å². The van der Waals surface area contributed by atoms with E-state index in [0.717, 1.165) is 63.5 Å². The molecule has 0 aromatic heterocycles. The number of aliphatic hydroxyl groups is 1. The van der Waals surface area contributed by atoms with Gasteiger partial charge in [0.2, 0.25) is 5.91 Å². The summed E-state index contributed by atoms with van der Waals surface area (Å²) in [5, 5.41) is 14.3. The number of amides is 1. The molecule has 0 radical (unpaired) electrons. The predicted molar refractivity (Wildman–Crippen MR) is 170 cm³/mol. The SMILES string of the molecule is Cc1ccc(NC(=O)[C@]2(C)CC[C@]3(C)CC[C@]4(C)C(=CC(=O)[C@@H]5[C@]6(C)CC[C@H](O)C(C)(C)[C@@H]6CC[C@@]54C)[C@]3(C)C2)cc1. The summed E-state index contributed by atoms with van der Waals surface area (Å²) in [6.45, 7) is 20.8. The average Bonchev–Trinajstić information content (AvgIpc) is 2.90. The zero-order chi connectivity index (χ0) is 30.7. The van der Waals surface area contributed by atoms with Gasteiger partial charge in [-0.05, 0) is 121 Å². The van der Waals surface area contributed by atoms with Crippen molar-refractivity contribution in [3.63, 3.8) is 0 Å². The molecule has 4 fully saturated rings. The summed E-state index contributed by atoms with van der Waals surface area (Å²) in [4.78, 5) is 28.6. The highest BCUT2D eigenvalue weighted by Crippen LogP contribution is 2.77. The molecule has 1 aromatic rings. The van der Waals surface area contributed by atoms with Gasteiger partial charge in [0.25, 0.3) is 0 Å². The molecule has 0 spiro atoms. The van der Waals surface area contributed by atoms with Crippen molar-refractivity contribution >= 4 is 17.4 Å². The maximum Gasteiger partial charge on any atom is 0.230 e. The molecule has 4 saturated carbocycles. The van der Waals surface area contributed by atoms with Gasteiger partial charge in [0, 0.05) is 17.0 Å². The van der Waals surface area contributed by atoms with Crippen LogP contribution >= 0.6 is 0 Å². The number of ketones is 1. The Morgan fingerprint density at radius 3 is 2.14 bits per heavy atom. The van der Waals surface area contributed by atoms with E-state index < -0.39 is 5.41 Å². The van der Waals surface area contributed by atoms with E-state index in [9.17, 15) is 14.7 Å². The van der Waals surface area contributed by atoms with Crippen molar-refractivity contribution < 1.29 is 14.7 Å². The first-order chi connectivity index (χ1) is 19.4. The molecule has 9 atom stereocenters. The smallest absolute Gasteiger partial charge is 0.230 e. The van der Waals surface area contributed by atoms with Gasteiger partial charge in [0.15, 0.2) is 5.78 Å². The molecule has 1 amide bonds. The van der Waals surface area contributed by atoms with Crippen LogP contribution in [0, 0.1) is 56.7 Å². The fourth-order valence-electron chi connectivity index (χ4n) is 11.9. The molecule has 5 aliphatic rings. The quantitative estimate of drug-likeness (QED) is 0.372. The number of allylic oxidation sites excluding steroid dienone is 2. The Morgan fingerprint density at radius 2 is 1.48 bits per heavy atom. The summed E-state index contributed by atoms with van der Waals surface area (Å²) in [6, 6.07) is 8.08. The second-order valence-electron chi connectivity index (χ2n) is 17.6. The maximum atomic E-state index is 14.7. The largest absolute Gasteiger partial charge is 0.393 e. The Bertz CT molecular complexity index is 1340. The molecular weight excluding hydrogens is 518 g/mol. The lowest BCUT2D eigenvalue weighted by Crippen LogP contribution is -2.68. The topological polar surface area (TPSA) is 66.4 Å². The van der Waals surface area contributed by atoms with E-state index in [-0.39, 0.29) is 50.4 Å². The third-order valence-electron chi connectivity index (χ3n) is 15.1. The van der Waals surface area contributed by atoms with E-state index >= 15 is 0 Å². The van der Waals surface area contributed by atoms with Gasteiger partial charge < -0.3 is 10.4 Å². The first-order valence-electron chi connectivity index (χ1n) is 16.7. The number of hydrogen-bond donors (Lipinski definition) is 2. The highest BCUT2D eigenvalue weighted by molar-refractivity contribution is 5.97. The lowest BCUT2D eigenvalue weighted by atomic mass is 9.31. The van der Waals surface area contributed by atoms with E-state index in [1.165, 1.54) is 11.1 Å². The number of aryl methyl sites for hydroxylation is 1. The van der Waals surface area contributed by atoms with Gasteiger partial charge in [-0.1, -0.05) is 78.7 Å². The third kappa shape index (κ3) is 3.75. The molecule has 0 heterocycles. The summed E-state index contributed by atoms with van der Waals surface area (Å²) in [5.41, 5.74) is 2.14. The van der Waals surface area contributed by atoms with Gasteiger partial charge in [-0.2, -0.15) is 0 Å². The molecule has 2 N–H and O–H groups in total. The number of anilines is 1. The normalized spacial score (nSPS) is 47.7. The molecule has 1 aromatic carbocycles. The minimum Gasteiger partial charge on any atom is -0.393 e.